The maximum Gasteiger partial charge on any atom is 0.435 e. The van der Waals surface area contributed by atoms with E-state index in [2.05, 4.69) is 37.4 Å². The Morgan fingerprint density at radius 3 is 2.50 bits per heavy atom. The molecule has 0 bridgehead atoms. The molecular formula is C38H32ClF7N8O3S. The minimum Gasteiger partial charge on any atom is -0.346 e. The largest absolute Gasteiger partial charge is 0.435 e. The molecule has 2 unspecified atom stereocenters. The lowest BCUT2D eigenvalue weighted by Crippen LogP contribution is -2.35. The van der Waals surface area contributed by atoms with Gasteiger partial charge in [-0.3, -0.25) is 18.9 Å². The molecule has 11 nitrogen and oxygen atoms in total. The molecule has 1 saturated heterocycles. The van der Waals surface area contributed by atoms with Gasteiger partial charge in [-0.1, -0.05) is 23.6 Å². The molecule has 1 saturated carbocycles. The average molecular weight is 849 g/mol. The lowest BCUT2D eigenvalue weighted by Gasteiger charge is -2.23. The molecule has 1 aliphatic heterocycles. The number of halogens is 8. The summed E-state index contributed by atoms with van der Waals surface area (Å²) in [5.74, 6) is -2.96. The second-order valence-corrected chi connectivity index (χ2v) is 16.8. The van der Waals surface area contributed by atoms with Crippen LogP contribution in [-0.2, 0) is 46.9 Å². The highest BCUT2D eigenvalue weighted by Gasteiger charge is 2.68. The zero-order chi connectivity index (χ0) is 41.5. The van der Waals surface area contributed by atoms with E-state index in [1.807, 2.05) is 0 Å². The summed E-state index contributed by atoms with van der Waals surface area (Å²) in [6.07, 6.45) is -2.94. The van der Waals surface area contributed by atoms with Crippen molar-refractivity contribution >= 4 is 44.3 Å². The Hall–Kier alpha value is -5.19. The molecule has 58 heavy (non-hydrogen) atoms. The Bertz CT molecular complexity index is 2660. The second kappa shape index (κ2) is 14.3. The number of carbonyl (C=O) groups excluding carboxylic acids is 1. The molecule has 2 aliphatic carbocycles. The number of benzene rings is 2. The molecule has 20 heteroatoms. The molecule has 1 amide bonds. The standard InChI is InChI=1S/C38H32ClF7N8O3S/c1-53-33-24(9-10-27(39)31(33)36(51-53)52-58(2,56)57)23-8-7-22(6-5-21-4-3-11-47-21)48-32(23)28(14-18-12-19(40)15-20(41)13-18)49-29(55)17-54-35-30(34(50-54)38(44,45)46)25-16-26(25)37(35,42)43/h7-10,12-13,15,21,25-26,28,47H,3-4,11,14,16-17H2,1-2H3,(H,49,55)(H,51,52)/t21?,25-,26?,28-/m0/s1. The highest BCUT2D eigenvalue weighted by Crippen LogP contribution is 2.68. The van der Waals surface area contributed by atoms with Gasteiger partial charge < -0.3 is 10.6 Å². The SMILES string of the molecule is Cn1nc(NS(C)(=O)=O)c2c(Cl)ccc(-c3ccc(C#CC4CCCN4)nc3[C@H](Cc3cc(F)cc(F)c3)NC(=O)Cn3nc(C(F)(F)F)c4c3C(F)(F)C3C[C@H]43)c21. The summed E-state index contributed by atoms with van der Waals surface area (Å²) in [6, 6.07) is 7.49. The Balaban J connectivity index is 1.27. The van der Waals surface area contributed by atoms with Crippen LogP contribution in [0.3, 0.4) is 0 Å². The van der Waals surface area contributed by atoms with E-state index in [4.69, 9.17) is 16.6 Å². The summed E-state index contributed by atoms with van der Waals surface area (Å²) in [6.45, 7) is -0.295. The van der Waals surface area contributed by atoms with Crippen molar-refractivity contribution in [1.82, 2.24) is 35.2 Å². The van der Waals surface area contributed by atoms with E-state index in [0.29, 0.717) is 21.8 Å². The summed E-state index contributed by atoms with van der Waals surface area (Å²) >= 11 is 6.59. The van der Waals surface area contributed by atoms with Gasteiger partial charge in [-0.2, -0.15) is 32.1 Å². The highest BCUT2D eigenvalue weighted by atomic mass is 35.5. The summed E-state index contributed by atoms with van der Waals surface area (Å²) in [7, 11) is -2.30. The number of fused-ring (bicyclic) bond motifs is 4. The second-order valence-electron chi connectivity index (χ2n) is 14.7. The van der Waals surface area contributed by atoms with Crippen molar-refractivity contribution in [2.75, 3.05) is 17.5 Å². The number of pyridine rings is 1. The number of rotatable bonds is 9. The molecule has 4 heterocycles. The van der Waals surface area contributed by atoms with Gasteiger partial charge in [-0.15, -0.1) is 0 Å². The van der Waals surface area contributed by atoms with Gasteiger partial charge in [0, 0.05) is 35.7 Å². The number of amides is 1. The van der Waals surface area contributed by atoms with Gasteiger partial charge in [0.1, 0.15) is 29.6 Å². The summed E-state index contributed by atoms with van der Waals surface area (Å²) in [5.41, 5.74) is -1.82. The van der Waals surface area contributed by atoms with Crippen molar-refractivity contribution in [1.29, 1.82) is 0 Å². The van der Waals surface area contributed by atoms with Crippen LogP contribution in [0, 0.1) is 29.4 Å². The number of carbonyl (C=O) groups is 1. The van der Waals surface area contributed by atoms with Crippen LogP contribution in [-0.4, -0.2) is 57.7 Å². The lowest BCUT2D eigenvalue weighted by atomic mass is 9.93. The van der Waals surface area contributed by atoms with Crippen LogP contribution in [0.4, 0.5) is 36.6 Å². The van der Waals surface area contributed by atoms with Gasteiger partial charge >= 0.3 is 6.18 Å². The molecule has 2 aromatic carbocycles. The minimum absolute atomic E-state index is 0.0366. The van der Waals surface area contributed by atoms with Gasteiger partial charge in [0.2, 0.25) is 15.9 Å². The zero-order valence-corrected chi connectivity index (χ0v) is 32.1. The fourth-order valence-corrected chi connectivity index (χ4v) is 8.73. The van der Waals surface area contributed by atoms with Gasteiger partial charge in [-0.25, -0.2) is 22.2 Å². The Kier molecular flexibility index (Phi) is 9.75. The third-order valence-corrected chi connectivity index (χ3v) is 11.3. The summed E-state index contributed by atoms with van der Waals surface area (Å²) < 4.78 is 131. The molecule has 5 aromatic rings. The smallest absolute Gasteiger partial charge is 0.346 e. The molecule has 304 valence electrons. The van der Waals surface area contributed by atoms with Crippen LogP contribution in [0.15, 0.2) is 42.5 Å². The van der Waals surface area contributed by atoms with Crippen molar-refractivity contribution in [3.63, 3.8) is 0 Å². The van der Waals surface area contributed by atoms with Crippen molar-refractivity contribution < 1.29 is 43.9 Å². The van der Waals surface area contributed by atoms with Crippen molar-refractivity contribution in [2.45, 2.75) is 62.3 Å². The number of hydrogen-bond donors (Lipinski definition) is 3. The number of aryl methyl sites for hydroxylation is 1. The molecule has 0 spiro atoms. The van der Waals surface area contributed by atoms with Crippen molar-refractivity contribution in [3.05, 3.63) is 93.0 Å². The Labute approximate surface area is 331 Å². The molecule has 0 radical (unpaired) electrons. The first-order valence-electron chi connectivity index (χ1n) is 18.0. The van der Waals surface area contributed by atoms with Gasteiger partial charge in [0.25, 0.3) is 5.92 Å². The lowest BCUT2D eigenvalue weighted by molar-refractivity contribution is -0.142. The van der Waals surface area contributed by atoms with Crippen LogP contribution < -0.4 is 15.4 Å². The molecule has 4 atom stereocenters. The van der Waals surface area contributed by atoms with Crippen molar-refractivity contribution in [3.8, 4) is 23.0 Å². The number of nitrogens with one attached hydrogen (secondary N) is 3. The predicted octanol–water partition coefficient (Wildman–Crippen LogP) is 6.57. The molecule has 3 N–H and O–H groups in total. The normalized spacial score (nSPS) is 20.0. The van der Waals surface area contributed by atoms with Crippen LogP contribution in [0.2, 0.25) is 5.02 Å². The molecule has 8 rings (SSSR count). The number of alkyl halides is 5. The zero-order valence-electron chi connectivity index (χ0n) is 30.5. The van der Waals surface area contributed by atoms with Crippen LogP contribution in [0.1, 0.15) is 65.1 Å². The average Bonchev–Trinajstić information content (AvgIpc) is 3.35. The molecule has 2 fully saturated rings. The van der Waals surface area contributed by atoms with E-state index in [0.717, 1.165) is 37.8 Å². The van der Waals surface area contributed by atoms with Gasteiger partial charge in [0.05, 0.1) is 40.0 Å². The first-order chi connectivity index (χ1) is 27.3. The first-order valence-corrected chi connectivity index (χ1v) is 20.2. The fraction of sp³-hybridized carbons (Fsp3) is 0.368. The molecular weight excluding hydrogens is 817 g/mol. The van der Waals surface area contributed by atoms with Crippen LogP contribution in [0.25, 0.3) is 22.0 Å². The van der Waals surface area contributed by atoms with Crippen LogP contribution >= 0.6 is 11.6 Å². The third kappa shape index (κ3) is 7.48. The number of nitrogens with zero attached hydrogens (tertiary/aromatic N) is 5. The van der Waals surface area contributed by atoms with Gasteiger partial charge in [0.15, 0.2) is 11.5 Å². The molecule has 3 aromatic heterocycles. The maximum absolute atomic E-state index is 15.4. The summed E-state index contributed by atoms with van der Waals surface area (Å²) in [5, 5.41) is 14.0. The first kappa shape index (κ1) is 39.6. The van der Waals surface area contributed by atoms with Gasteiger partial charge in [-0.05, 0) is 80.0 Å². The quantitative estimate of drug-likeness (QED) is 0.113. The number of aromatic nitrogens is 5. The minimum atomic E-state index is -5.07. The molecule has 3 aliphatic rings. The topological polar surface area (TPSA) is 136 Å². The van der Waals surface area contributed by atoms with E-state index < -0.39 is 81.0 Å². The van der Waals surface area contributed by atoms with Crippen molar-refractivity contribution in [2.24, 2.45) is 13.0 Å². The number of anilines is 1. The van der Waals surface area contributed by atoms with E-state index in [1.54, 1.807) is 18.2 Å². The van der Waals surface area contributed by atoms with Crippen LogP contribution in [0.5, 0.6) is 0 Å². The van der Waals surface area contributed by atoms with E-state index in [1.165, 1.54) is 17.8 Å². The van der Waals surface area contributed by atoms with E-state index >= 15 is 8.78 Å². The monoisotopic (exact) mass is 848 g/mol. The number of hydrogen-bond acceptors (Lipinski definition) is 7. The fourth-order valence-electron chi connectivity index (χ4n) is 8.00. The number of sulfonamides is 1. The highest BCUT2D eigenvalue weighted by molar-refractivity contribution is 7.92. The third-order valence-electron chi connectivity index (χ3n) is 10.4. The van der Waals surface area contributed by atoms with E-state index in [-0.39, 0.29) is 57.6 Å². The maximum atomic E-state index is 15.4. The van der Waals surface area contributed by atoms with E-state index in [9.17, 15) is 35.2 Å². The Morgan fingerprint density at radius 2 is 1.83 bits per heavy atom. The summed E-state index contributed by atoms with van der Waals surface area (Å²) in [4.78, 5) is 18.8. The predicted molar refractivity (Wildman–Crippen MR) is 198 cm³/mol. The Morgan fingerprint density at radius 1 is 1.10 bits per heavy atom.